The van der Waals surface area contributed by atoms with Crippen LogP contribution < -0.4 is 10.1 Å². The molecule has 0 aliphatic heterocycles. The summed E-state index contributed by atoms with van der Waals surface area (Å²) in [5.74, 6) is 1.04. The predicted octanol–water partition coefficient (Wildman–Crippen LogP) is 5.69. The van der Waals surface area contributed by atoms with E-state index < -0.39 is 0 Å². The van der Waals surface area contributed by atoms with Crippen LogP contribution in [-0.2, 0) is 6.54 Å². The first-order valence-electron chi connectivity index (χ1n) is 9.21. The number of ether oxygens (including phenoxy) is 1. The van der Waals surface area contributed by atoms with Gasteiger partial charge in [-0.25, -0.2) is 0 Å². The monoisotopic (exact) mass is 313 g/mol. The number of hydrogen-bond donors (Lipinski definition) is 1. The summed E-state index contributed by atoms with van der Waals surface area (Å²) in [6.45, 7) is 7.22. The third-order valence-corrected chi connectivity index (χ3v) is 4.26. The maximum atomic E-state index is 6.04. The average Bonchev–Trinajstić information content (AvgIpc) is 2.59. The lowest BCUT2D eigenvalue weighted by Crippen LogP contribution is -2.16. The van der Waals surface area contributed by atoms with Gasteiger partial charge in [0.1, 0.15) is 5.75 Å². The molecule has 0 unspecified atom stereocenters. The lowest BCUT2D eigenvalue weighted by Gasteiger charge is -2.15. The van der Waals surface area contributed by atoms with E-state index in [2.05, 4.69) is 55.6 Å². The highest BCUT2D eigenvalue weighted by atomic mass is 16.5. The number of nitrogens with one attached hydrogen (secondary N) is 1. The molecule has 0 saturated heterocycles. The normalized spacial score (nSPS) is 11.0. The molecule has 0 fully saturated rings. The average molecular weight is 313 g/mol. The van der Waals surface area contributed by atoms with Crippen molar-refractivity contribution in [1.82, 2.24) is 5.32 Å². The Morgan fingerprint density at radius 2 is 1.70 bits per heavy atom. The molecule has 2 rings (SSSR count). The Kier molecular flexibility index (Phi) is 7.96. The molecule has 2 aromatic carbocycles. The van der Waals surface area contributed by atoms with Crippen LogP contribution in [-0.4, -0.2) is 13.2 Å². The molecule has 0 amide bonds. The third-order valence-electron chi connectivity index (χ3n) is 4.26. The molecular formula is C21H31NO. The van der Waals surface area contributed by atoms with Gasteiger partial charge in [0.2, 0.25) is 0 Å². The lowest BCUT2D eigenvalue weighted by molar-refractivity contribution is 0.306. The van der Waals surface area contributed by atoms with Crippen molar-refractivity contribution in [2.24, 2.45) is 0 Å². The largest absolute Gasteiger partial charge is 0.493 e. The highest BCUT2D eigenvalue weighted by molar-refractivity contribution is 5.87. The van der Waals surface area contributed by atoms with E-state index in [1.165, 1.54) is 48.4 Å². The van der Waals surface area contributed by atoms with Crippen LogP contribution in [0.4, 0.5) is 0 Å². The fourth-order valence-corrected chi connectivity index (χ4v) is 2.85. The van der Waals surface area contributed by atoms with Crippen LogP contribution in [0.1, 0.15) is 57.9 Å². The van der Waals surface area contributed by atoms with Gasteiger partial charge in [-0.3, -0.25) is 0 Å². The minimum atomic E-state index is 0.804. The van der Waals surface area contributed by atoms with Gasteiger partial charge < -0.3 is 10.1 Å². The van der Waals surface area contributed by atoms with Gasteiger partial charge in [-0.1, -0.05) is 69.9 Å². The van der Waals surface area contributed by atoms with E-state index in [1.807, 2.05) is 0 Å². The van der Waals surface area contributed by atoms with Gasteiger partial charge in [0.15, 0.2) is 0 Å². The molecule has 0 saturated carbocycles. The maximum Gasteiger partial charge on any atom is 0.124 e. The Morgan fingerprint density at radius 3 is 2.52 bits per heavy atom. The quantitative estimate of drug-likeness (QED) is 0.538. The predicted molar refractivity (Wildman–Crippen MR) is 100 cm³/mol. The second-order valence-electron chi connectivity index (χ2n) is 6.20. The van der Waals surface area contributed by atoms with Crippen LogP contribution >= 0.6 is 0 Å². The number of hydrogen-bond acceptors (Lipinski definition) is 2. The molecule has 2 aromatic rings. The van der Waals surface area contributed by atoms with Gasteiger partial charge in [-0.2, -0.15) is 0 Å². The standard InChI is InChI=1S/C21H31NO/c1-3-5-7-10-15-22-17-20-19-12-9-8-11-18(19)13-14-21(20)23-16-6-4-2/h8-9,11-14,22H,3-7,10,15-17H2,1-2H3. The molecule has 0 aliphatic carbocycles. The second-order valence-corrected chi connectivity index (χ2v) is 6.20. The summed E-state index contributed by atoms with van der Waals surface area (Å²) in [5, 5.41) is 6.20. The summed E-state index contributed by atoms with van der Waals surface area (Å²) >= 11 is 0. The van der Waals surface area contributed by atoms with Crippen LogP contribution in [0, 0.1) is 0 Å². The van der Waals surface area contributed by atoms with Crippen molar-refractivity contribution in [2.45, 2.75) is 58.9 Å². The Bertz CT molecular complexity index is 579. The van der Waals surface area contributed by atoms with Crippen LogP contribution in [0.25, 0.3) is 10.8 Å². The van der Waals surface area contributed by atoms with E-state index in [9.17, 15) is 0 Å². The van der Waals surface area contributed by atoms with Crippen LogP contribution in [0.2, 0.25) is 0 Å². The smallest absolute Gasteiger partial charge is 0.124 e. The molecule has 1 N–H and O–H groups in total. The summed E-state index contributed by atoms with van der Waals surface area (Å²) in [7, 11) is 0. The van der Waals surface area contributed by atoms with Crippen LogP contribution in [0.15, 0.2) is 36.4 Å². The van der Waals surface area contributed by atoms with Crippen molar-refractivity contribution in [3.05, 3.63) is 42.0 Å². The van der Waals surface area contributed by atoms with Crippen molar-refractivity contribution < 1.29 is 4.74 Å². The minimum absolute atomic E-state index is 0.804. The lowest BCUT2D eigenvalue weighted by atomic mass is 10.0. The zero-order chi connectivity index (χ0) is 16.3. The summed E-state index contributed by atoms with van der Waals surface area (Å²) < 4.78 is 6.04. The fraction of sp³-hybridized carbons (Fsp3) is 0.524. The van der Waals surface area contributed by atoms with Crippen LogP contribution in [0.3, 0.4) is 0 Å². The summed E-state index contributed by atoms with van der Waals surface area (Å²) in [6, 6.07) is 12.9. The number of rotatable bonds is 11. The zero-order valence-electron chi connectivity index (χ0n) is 14.7. The molecule has 0 atom stereocenters. The maximum absolute atomic E-state index is 6.04. The molecule has 23 heavy (non-hydrogen) atoms. The molecule has 0 heterocycles. The third kappa shape index (κ3) is 5.54. The van der Waals surface area contributed by atoms with E-state index in [0.717, 1.165) is 31.9 Å². The van der Waals surface area contributed by atoms with Crippen molar-refractivity contribution in [2.75, 3.05) is 13.2 Å². The summed E-state index contributed by atoms with van der Waals surface area (Å²) in [4.78, 5) is 0. The second kappa shape index (κ2) is 10.3. The van der Waals surface area contributed by atoms with E-state index in [-0.39, 0.29) is 0 Å². The highest BCUT2D eigenvalue weighted by Crippen LogP contribution is 2.28. The summed E-state index contributed by atoms with van der Waals surface area (Å²) in [6.07, 6.45) is 7.47. The van der Waals surface area contributed by atoms with Crippen molar-refractivity contribution >= 4 is 10.8 Å². The van der Waals surface area contributed by atoms with Gasteiger partial charge in [0.25, 0.3) is 0 Å². The van der Waals surface area contributed by atoms with Crippen molar-refractivity contribution in [3.63, 3.8) is 0 Å². The first-order chi connectivity index (χ1) is 11.4. The van der Waals surface area contributed by atoms with Crippen molar-refractivity contribution in [3.8, 4) is 5.75 Å². The highest BCUT2D eigenvalue weighted by Gasteiger charge is 2.08. The molecular weight excluding hydrogens is 282 g/mol. The fourth-order valence-electron chi connectivity index (χ4n) is 2.85. The molecule has 0 bridgehead atoms. The van der Waals surface area contributed by atoms with Gasteiger partial charge in [0.05, 0.1) is 6.61 Å². The van der Waals surface area contributed by atoms with Gasteiger partial charge >= 0.3 is 0 Å². The Hall–Kier alpha value is -1.54. The molecule has 0 radical (unpaired) electrons. The summed E-state index contributed by atoms with van der Waals surface area (Å²) in [5.41, 5.74) is 1.30. The first-order valence-corrected chi connectivity index (χ1v) is 9.21. The molecule has 2 heteroatoms. The van der Waals surface area contributed by atoms with E-state index in [4.69, 9.17) is 4.74 Å². The van der Waals surface area contributed by atoms with E-state index >= 15 is 0 Å². The SMILES string of the molecule is CCCCCCNCc1c(OCCCC)ccc2ccccc12. The first kappa shape index (κ1) is 17.8. The van der Waals surface area contributed by atoms with Crippen LogP contribution in [0.5, 0.6) is 5.75 Å². The zero-order valence-corrected chi connectivity index (χ0v) is 14.7. The van der Waals surface area contributed by atoms with Gasteiger partial charge in [0, 0.05) is 12.1 Å². The number of benzene rings is 2. The van der Waals surface area contributed by atoms with E-state index in [0.29, 0.717) is 0 Å². The van der Waals surface area contributed by atoms with Gasteiger partial charge in [-0.05, 0) is 36.2 Å². The molecule has 0 spiro atoms. The topological polar surface area (TPSA) is 21.3 Å². The van der Waals surface area contributed by atoms with Crippen molar-refractivity contribution in [1.29, 1.82) is 0 Å². The number of fused-ring (bicyclic) bond motifs is 1. The Morgan fingerprint density at radius 1 is 0.870 bits per heavy atom. The minimum Gasteiger partial charge on any atom is -0.493 e. The number of unbranched alkanes of at least 4 members (excludes halogenated alkanes) is 4. The van der Waals surface area contributed by atoms with Gasteiger partial charge in [-0.15, -0.1) is 0 Å². The Balaban J connectivity index is 2.04. The molecule has 2 nitrogen and oxygen atoms in total. The Labute approximate surface area is 141 Å². The van der Waals surface area contributed by atoms with E-state index in [1.54, 1.807) is 0 Å². The molecule has 0 aromatic heterocycles. The molecule has 0 aliphatic rings. The molecule has 126 valence electrons.